The van der Waals surface area contributed by atoms with Crippen LogP contribution >= 0.6 is 11.6 Å². The topological polar surface area (TPSA) is 76.4 Å². The number of nitrogens with zero attached hydrogens (tertiary/aromatic N) is 6. The summed E-state index contributed by atoms with van der Waals surface area (Å²) in [5, 5.41) is 4.15. The maximum absolute atomic E-state index is 12.5. The molecule has 0 spiro atoms. The molecule has 0 saturated carbocycles. The van der Waals surface area contributed by atoms with E-state index in [9.17, 15) is 4.79 Å². The number of halogens is 1. The number of amides is 1. The first-order valence-electron chi connectivity index (χ1n) is 7.63. The minimum absolute atomic E-state index is 0.170. The first-order valence-corrected chi connectivity index (χ1v) is 8.17. The van der Waals surface area contributed by atoms with Crippen LogP contribution in [0, 0.1) is 0 Å². The second-order valence-electron chi connectivity index (χ2n) is 4.87. The molecule has 0 atom stereocenters. The largest absolute Gasteiger partial charge is 0.479 e. The highest BCUT2D eigenvalue weighted by atomic mass is 35.5. The molecular formula is C15H21ClN6O2. The molecule has 8 nitrogen and oxygen atoms in total. The third-order valence-corrected chi connectivity index (χ3v) is 3.79. The summed E-state index contributed by atoms with van der Waals surface area (Å²) in [6, 6.07) is 1.79. The van der Waals surface area contributed by atoms with Crippen LogP contribution in [0.1, 0.15) is 13.8 Å². The standard InChI is InChI=1S/C15H21ClN6O2/c1-4-20(5-2)14-13(15(24-3)18-10-17-14)22(12(23)9-16)11-21-8-6-7-19-21/h6-8,10H,4-5,9,11H2,1-3H3. The van der Waals surface area contributed by atoms with Crippen molar-refractivity contribution in [3.8, 4) is 5.88 Å². The summed E-state index contributed by atoms with van der Waals surface area (Å²) in [4.78, 5) is 24.5. The van der Waals surface area contributed by atoms with E-state index < -0.39 is 0 Å². The van der Waals surface area contributed by atoms with Crippen LogP contribution in [-0.2, 0) is 11.5 Å². The number of ether oxygens (including phenoxy) is 1. The number of anilines is 2. The van der Waals surface area contributed by atoms with Crippen molar-refractivity contribution in [1.29, 1.82) is 0 Å². The zero-order valence-electron chi connectivity index (χ0n) is 14.0. The fraction of sp³-hybridized carbons (Fsp3) is 0.467. The first-order chi connectivity index (χ1) is 11.7. The molecule has 2 rings (SSSR count). The molecule has 1 amide bonds. The molecule has 0 aliphatic heterocycles. The fourth-order valence-corrected chi connectivity index (χ4v) is 2.51. The SMILES string of the molecule is CCN(CC)c1ncnc(OC)c1N(Cn1cccn1)C(=O)CCl. The van der Waals surface area contributed by atoms with Crippen molar-refractivity contribution in [3.05, 3.63) is 24.8 Å². The highest BCUT2D eigenvalue weighted by molar-refractivity contribution is 6.29. The van der Waals surface area contributed by atoms with Gasteiger partial charge in [0.15, 0.2) is 11.5 Å². The molecule has 2 aromatic rings. The molecule has 0 aliphatic carbocycles. The average molecular weight is 353 g/mol. The Morgan fingerprint density at radius 2 is 2.08 bits per heavy atom. The molecular weight excluding hydrogens is 332 g/mol. The molecule has 0 unspecified atom stereocenters. The summed E-state index contributed by atoms with van der Waals surface area (Å²) in [6.07, 6.45) is 4.84. The monoisotopic (exact) mass is 352 g/mol. The van der Waals surface area contributed by atoms with Crippen molar-refractivity contribution < 1.29 is 9.53 Å². The van der Waals surface area contributed by atoms with Gasteiger partial charge >= 0.3 is 0 Å². The van der Waals surface area contributed by atoms with Crippen LogP contribution in [0.2, 0.25) is 0 Å². The normalized spacial score (nSPS) is 10.5. The molecule has 9 heteroatoms. The number of carbonyl (C=O) groups is 1. The molecule has 24 heavy (non-hydrogen) atoms. The maximum atomic E-state index is 12.5. The molecule has 0 fully saturated rings. The molecule has 2 aromatic heterocycles. The quantitative estimate of drug-likeness (QED) is 0.674. The lowest BCUT2D eigenvalue weighted by molar-refractivity contribution is -0.116. The van der Waals surface area contributed by atoms with Gasteiger partial charge in [-0.05, 0) is 19.9 Å². The molecule has 0 bridgehead atoms. The van der Waals surface area contributed by atoms with E-state index in [0.29, 0.717) is 17.4 Å². The zero-order valence-corrected chi connectivity index (χ0v) is 14.8. The average Bonchev–Trinajstić information content (AvgIpc) is 3.13. The van der Waals surface area contributed by atoms with Gasteiger partial charge in [-0.25, -0.2) is 4.98 Å². The van der Waals surface area contributed by atoms with E-state index in [2.05, 4.69) is 15.1 Å². The summed E-state index contributed by atoms with van der Waals surface area (Å²) in [7, 11) is 1.51. The van der Waals surface area contributed by atoms with Crippen molar-refractivity contribution in [3.63, 3.8) is 0 Å². The van der Waals surface area contributed by atoms with Crippen molar-refractivity contribution in [2.24, 2.45) is 0 Å². The van der Waals surface area contributed by atoms with Crippen molar-refractivity contribution in [2.45, 2.75) is 20.5 Å². The van der Waals surface area contributed by atoms with Crippen LogP contribution in [0.15, 0.2) is 24.8 Å². The Balaban J connectivity index is 2.56. The van der Waals surface area contributed by atoms with Gasteiger partial charge in [-0.15, -0.1) is 11.6 Å². The van der Waals surface area contributed by atoms with Gasteiger partial charge < -0.3 is 9.64 Å². The number of rotatable bonds is 8. The Morgan fingerprint density at radius 3 is 2.62 bits per heavy atom. The van der Waals surface area contributed by atoms with E-state index in [1.165, 1.54) is 18.3 Å². The summed E-state index contributed by atoms with van der Waals surface area (Å²) < 4.78 is 7.00. The lowest BCUT2D eigenvalue weighted by atomic mass is 10.3. The van der Waals surface area contributed by atoms with Crippen LogP contribution in [0.5, 0.6) is 5.88 Å². The third kappa shape index (κ3) is 3.76. The highest BCUT2D eigenvalue weighted by Gasteiger charge is 2.26. The highest BCUT2D eigenvalue weighted by Crippen LogP contribution is 2.35. The van der Waals surface area contributed by atoms with Crippen LogP contribution in [0.25, 0.3) is 0 Å². The van der Waals surface area contributed by atoms with Gasteiger partial charge in [-0.3, -0.25) is 14.4 Å². The van der Waals surface area contributed by atoms with Crippen molar-refractivity contribution in [1.82, 2.24) is 19.7 Å². The van der Waals surface area contributed by atoms with E-state index in [0.717, 1.165) is 13.1 Å². The molecule has 0 N–H and O–H groups in total. The number of hydrogen-bond donors (Lipinski definition) is 0. The van der Waals surface area contributed by atoms with Gasteiger partial charge in [0.1, 0.15) is 18.9 Å². The van der Waals surface area contributed by atoms with E-state index in [4.69, 9.17) is 16.3 Å². The van der Waals surface area contributed by atoms with Gasteiger partial charge in [0.25, 0.3) is 0 Å². The maximum Gasteiger partial charge on any atom is 0.243 e. The van der Waals surface area contributed by atoms with E-state index in [1.807, 2.05) is 18.7 Å². The second kappa shape index (κ2) is 8.49. The van der Waals surface area contributed by atoms with Crippen molar-refractivity contribution >= 4 is 29.0 Å². The Morgan fingerprint density at radius 1 is 1.33 bits per heavy atom. The Labute approximate surface area is 146 Å². The number of aromatic nitrogens is 4. The minimum Gasteiger partial charge on any atom is -0.479 e. The Bertz CT molecular complexity index is 660. The Kier molecular flexibility index (Phi) is 6.36. The third-order valence-electron chi connectivity index (χ3n) is 3.56. The van der Waals surface area contributed by atoms with Gasteiger partial charge in [-0.1, -0.05) is 0 Å². The molecule has 130 valence electrons. The van der Waals surface area contributed by atoms with E-state index in [1.54, 1.807) is 23.1 Å². The van der Waals surface area contributed by atoms with Crippen molar-refractivity contribution in [2.75, 3.05) is 35.9 Å². The number of hydrogen-bond acceptors (Lipinski definition) is 6. The smallest absolute Gasteiger partial charge is 0.243 e. The molecule has 0 aromatic carbocycles. The molecule has 0 saturated heterocycles. The lowest BCUT2D eigenvalue weighted by Gasteiger charge is -2.29. The summed E-state index contributed by atoms with van der Waals surface area (Å²) in [6.45, 7) is 5.69. The van der Waals surface area contributed by atoms with Crippen LogP contribution < -0.4 is 14.5 Å². The number of methoxy groups -OCH3 is 1. The predicted octanol–water partition coefficient (Wildman–Crippen LogP) is 1.76. The summed E-state index contributed by atoms with van der Waals surface area (Å²) >= 11 is 5.82. The second-order valence-corrected chi connectivity index (χ2v) is 5.14. The summed E-state index contributed by atoms with van der Waals surface area (Å²) in [5.41, 5.74) is 0.491. The summed E-state index contributed by atoms with van der Waals surface area (Å²) in [5.74, 6) is 0.487. The van der Waals surface area contributed by atoms with Gasteiger partial charge in [-0.2, -0.15) is 10.1 Å². The lowest BCUT2D eigenvalue weighted by Crippen LogP contribution is -2.37. The minimum atomic E-state index is -0.284. The fourth-order valence-electron chi connectivity index (χ4n) is 2.37. The first kappa shape index (κ1) is 18.0. The number of alkyl halides is 1. The molecule has 0 radical (unpaired) electrons. The van der Waals surface area contributed by atoms with Crippen LogP contribution in [-0.4, -0.2) is 51.7 Å². The van der Waals surface area contributed by atoms with Gasteiger partial charge in [0, 0.05) is 25.5 Å². The molecule has 0 aliphatic rings. The van der Waals surface area contributed by atoms with Gasteiger partial charge in [0.05, 0.1) is 7.11 Å². The molecule has 2 heterocycles. The number of carbonyl (C=O) groups excluding carboxylic acids is 1. The zero-order chi connectivity index (χ0) is 17.5. The van der Waals surface area contributed by atoms with E-state index in [-0.39, 0.29) is 18.5 Å². The predicted molar refractivity (Wildman–Crippen MR) is 92.6 cm³/mol. The Hall–Kier alpha value is -2.35. The van der Waals surface area contributed by atoms with Crippen LogP contribution in [0.3, 0.4) is 0 Å². The van der Waals surface area contributed by atoms with Gasteiger partial charge in [0.2, 0.25) is 11.8 Å². The van der Waals surface area contributed by atoms with Crippen LogP contribution in [0.4, 0.5) is 11.5 Å². The van der Waals surface area contributed by atoms with E-state index >= 15 is 0 Å².